The predicted octanol–water partition coefficient (Wildman–Crippen LogP) is 4.07. The van der Waals surface area contributed by atoms with Gasteiger partial charge >= 0.3 is 0 Å². The molecule has 0 atom stereocenters. The van der Waals surface area contributed by atoms with Gasteiger partial charge in [0, 0.05) is 42.3 Å². The van der Waals surface area contributed by atoms with Crippen LogP contribution in [0.15, 0.2) is 60.0 Å². The molecule has 2 aliphatic rings. The van der Waals surface area contributed by atoms with Gasteiger partial charge < -0.3 is 19.9 Å². The Morgan fingerprint density at radius 3 is 2.81 bits per heavy atom. The predicted molar refractivity (Wildman–Crippen MR) is 123 cm³/mol. The van der Waals surface area contributed by atoms with Crippen molar-refractivity contribution < 1.29 is 14.3 Å². The second kappa shape index (κ2) is 8.43. The molecule has 6 nitrogen and oxygen atoms in total. The van der Waals surface area contributed by atoms with Crippen LogP contribution in [0.4, 0.5) is 17.1 Å². The van der Waals surface area contributed by atoms with Crippen molar-refractivity contribution in [2.24, 2.45) is 0 Å². The van der Waals surface area contributed by atoms with E-state index in [0.29, 0.717) is 18.0 Å². The normalized spacial score (nSPS) is 15.2. The summed E-state index contributed by atoms with van der Waals surface area (Å²) in [5, 5.41) is 5.10. The number of para-hydroxylation sites is 2. The maximum atomic E-state index is 12.5. The molecule has 2 aromatic carbocycles. The number of ether oxygens (including phenoxy) is 1. The van der Waals surface area contributed by atoms with Gasteiger partial charge in [0.05, 0.1) is 5.69 Å². The summed E-state index contributed by atoms with van der Waals surface area (Å²) in [6.45, 7) is 2.26. The average Bonchev–Trinajstić information content (AvgIpc) is 3.27. The standard InChI is InChI=1S/C24H23N3O3S/c28-23(10-13-27-20-3-1-2-4-21(20)30-16-24(27)29)25-18-5-7-19(8-6-18)26-12-9-22-17(15-26)11-14-31-22/h1-8,11,14H,9-10,12-13,15-16H2,(H,25,28). The summed E-state index contributed by atoms with van der Waals surface area (Å²) in [6.07, 6.45) is 1.30. The van der Waals surface area contributed by atoms with Crippen LogP contribution >= 0.6 is 11.3 Å². The molecule has 158 valence electrons. The van der Waals surface area contributed by atoms with E-state index in [4.69, 9.17) is 4.74 Å². The van der Waals surface area contributed by atoms with Gasteiger partial charge in [-0.1, -0.05) is 12.1 Å². The van der Waals surface area contributed by atoms with Crippen LogP contribution in [0.1, 0.15) is 16.9 Å². The molecule has 0 aliphatic carbocycles. The molecule has 0 radical (unpaired) electrons. The average molecular weight is 434 g/mol. The third-order valence-electron chi connectivity index (χ3n) is 5.69. The van der Waals surface area contributed by atoms with Crippen molar-refractivity contribution in [3.8, 4) is 5.75 Å². The number of carbonyl (C=O) groups excluding carboxylic acids is 2. The second-order valence-corrected chi connectivity index (χ2v) is 8.69. The van der Waals surface area contributed by atoms with E-state index < -0.39 is 0 Å². The number of hydrogen-bond donors (Lipinski definition) is 1. The van der Waals surface area contributed by atoms with Crippen LogP contribution < -0.4 is 19.9 Å². The minimum absolute atomic E-state index is 0.00344. The van der Waals surface area contributed by atoms with Crippen molar-refractivity contribution >= 4 is 40.2 Å². The highest BCUT2D eigenvalue weighted by molar-refractivity contribution is 7.10. The Kier molecular flexibility index (Phi) is 5.34. The fourth-order valence-electron chi connectivity index (χ4n) is 4.06. The van der Waals surface area contributed by atoms with Crippen LogP contribution in [0.5, 0.6) is 5.75 Å². The van der Waals surface area contributed by atoms with Gasteiger partial charge in [-0.2, -0.15) is 0 Å². The summed E-state index contributed by atoms with van der Waals surface area (Å²) in [5.41, 5.74) is 4.04. The fourth-order valence-corrected chi connectivity index (χ4v) is 4.95. The van der Waals surface area contributed by atoms with E-state index in [1.165, 1.54) is 10.4 Å². The third-order valence-corrected chi connectivity index (χ3v) is 6.72. The molecule has 2 amide bonds. The first-order valence-electron chi connectivity index (χ1n) is 10.4. The fraction of sp³-hybridized carbons (Fsp3) is 0.250. The summed E-state index contributed by atoms with van der Waals surface area (Å²) in [6, 6.07) is 17.6. The van der Waals surface area contributed by atoms with Gasteiger partial charge in [0.2, 0.25) is 5.91 Å². The van der Waals surface area contributed by atoms with Crippen LogP contribution in [-0.4, -0.2) is 31.5 Å². The smallest absolute Gasteiger partial charge is 0.265 e. The molecule has 0 fully saturated rings. The van der Waals surface area contributed by atoms with Gasteiger partial charge in [0.1, 0.15) is 5.75 Å². The van der Waals surface area contributed by atoms with Crippen molar-refractivity contribution in [2.45, 2.75) is 19.4 Å². The maximum absolute atomic E-state index is 12.5. The van der Waals surface area contributed by atoms with Crippen LogP contribution in [-0.2, 0) is 22.6 Å². The number of nitrogens with one attached hydrogen (secondary N) is 1. The first-order valence-corrected chi connectivity index (χ1v) is 11.3. The molecule has 0 saturated heterocycles. The van der Waals surface area contributed by atoms with Crippen molar-refractivity contribution in [1.82, 2.24) is 0 Å². The summed E-state index contributed by atoms with van der Waals surface area (Å²) < 4.78 is 5.45. The molecule has 0 saturated carbocycles. The quantitative estimate of drug-likeness (QED) is 0.659. The lowest BCUT2D eigenvalue weighted by Crippen LogP contribution is -2.40. The summed E-state index contributed by atoms with van der Waals surface area (Å²) in [4.78, 5) is 30.2. The maximum Gasteiger partial charge on any atom is 0.265 e. The number of rotatable bonds is 5. The van der Waals surface area contributed by atoms with Crippen LogP contribution in [0.2, 0.25) is 0 Å². The lowest BCUT2D eigenvalue weighted by Gasteiger charge is -2.29. The van der Waals surface area contributed by atoms with Gasteiger partial charge in [-0.05, 0) is 59.8 Å². The van der Waals surface area contributed by atoms with Crippen molar-refractivity contribution in [3.05, 3.63) is 70.4 Å². The van der Waals surface area contributed by atoms with E-state index in [9.17, 15) is 9.59 Å². The summed E-state index contributed by atoms with van der Waals surface area (Å²) in [5.74, 6) is 0.418. The summed E-state index contributed by atoms with van der Waals surface area (Å²) >= 11 is 1.84. The molecule has 3 aromatic rings. The zero-order chi connectivity index (χ0) is 21.2. The number of carbonyl (C=O) groups is 2. The first-order chi connectivity index (χ1) is 15.2. The Balaban J connectivity index is 1.17. The van der Waals surface area contributed by atoms with Gasteiger partial charge in [0.25, 0.3) is 5.91 Å². The number of hydrogen-bond acceptors (Lipinski definition) is 5. The van der Waals surface area contributed by atoms with E-state index in [2.05, 4.69) is 33.8 Å². The highest BCUT2D eigenvalue weighted by Crippen LogP contribution is 2.32. The number of amides is 2. The van der Waals surface area contributed by atoms with E-state index in [1.807, 2.05) is 47.7 Å². The van der Waals surface area contributed by atoms with E-state index in [-0.39, 0.29) is 24.8 Å². The number of benzene rings is 2. The van der Waals surface area contributed by atoms with Crippen molar-refractivity contribution in [1.29, 1.82) is 0 Å². The number of thiophene rings is 1. The first kappa shape index (κ1) is 19.6. The lowest BCUT2D eigenvalue weighted by atomic mass is 10.1. The molecular formula is C24H23N3O3S. The van der Waals surface area contributed by atoms with Gasteiger partial charge in [-0.15, -0.1) is 11.3 Å². The third kappa shape index (κ3) is 4.14. The number of fused-ring (bicyclic) bond motifs is 2. The zero-order valence-corrected chi connectivity index (χ0v) is 17.9. The van der Waals surface area contributed by atoms with Gasteiger partial charge in [-0.25, -0.2) is 0 Å². The molecule has 0 spiro atoms. The van der Waals surface area contributed by atoms with Gasteiger partial charge in [-0.3, -0.25) is 9.59 Å². The Labute approximate surface area is 185 Å². The molecule has 5 rings (SSSR count). The van der Waals surface area contributed by atoms with E-state index in [0.717, 1.165) is 30.9 Å². The van der Waals surface area contributed by atoms with E-state index in [1.54, 1.807) is 4.90 Å². The number of nitrogens with zero attached hydrogens (tertiary/aromatic N) is 2. The molecule has 1 N–H and O–H groups in total. The molecule has 0 unspecified atom stereocenters. The molecule has 7 heteroatoms. The Hall–Kier alpha value is -3.32. The Bertz CT molecular complexity index is 1110. The molecule has 0 bridgehead atoms. The van der Waals surface area contributed by atoms with Crippen LogP contribution in [0, 0.1) is 0 Å². The monoisotopic (exact) mass is 433 g/mol. The molecule has 31 heavy (non-hydrogen) atoms. The van der Waals surface area contributed by atoms with Gasteiger partial charge in [0.15, 0.2) is 6.61 Å². The lowest BCUT2D eigenvalue weighted by molar-refractivity contribution is -0.121. The molecular weight excluding hydrogens is 410 g/mol. The molecule has 2 aliphatic heterocycles. The topological polar surface area (TPSA) is 61.9 Å². The minimum Gasteiger partial charge on any atom is -0.482 e. The Morgan fingerprint density at radius 2 is 1.94 bits per heavy atom. The SMILES string of the molecule is O=C(CCN1C(=O)COc2ccccc21)Nc1ccc(N2CCc3sccc3C2)cc1. The van der Waals surface area contributed by atoms with Crippen molar-refractivity contribution in [2.75, 3.05) is 34.8 Å². The van der Waals surface area contributed by atoms with Crippen LogP contribution in [0.25, 0.3) is 0 Å². The number of anilines is 3. The highest BCUT2D eigenvalue weighted by Gasteiger charge is 2.25. The highest BCUT2D eigenvalue weighted by atomic mass is 32.1. The zero-order valence-electron chi connectivity index (χ0n) is 17.0. The Morgan fingerprint density at radius 1 is 1.10 bits per heavy atom. The van der Waals surface area contributed by atoms with Crippen molar-refractivity contribution in [3.63, 3.8) is 0 Å². The summed E-state index contributed by atoms with van der Waals surface area (Å²) in [7, 11) is 0. The largest absolute Gasteiger partial charge is 0.482 e. The van der Waals surface area contributed by atoms with E-state index >= 15 is 0 Å². The molecule has 3 heterocycles. The molecule has 1 aromatic heterocycles. The minimum atomic E-state index is -0.133. The van der Waals surface area contributed by atoms with Crippen LogP contribution in [0.3, 0.4) is 0 Å². The second-order valence-electron chi connectivity index (χ2n) is 7.69.